The summed E-state index contributed by atoms with van der Waals surface area (Å²) in [5.41, 5.74) is 7.12. The molecule has 0 radical (unpaired) electrons. The lowest BCUT2D eigenvalue weighted by molar-refractivity contribution is -0.115. The van der Waals surface area contributed by atoms with Gasteiger partial charge in [-0.3, -0.25) is 4.79 Å². The smallest absolute Gasteiger partial charge is 0.230 e. The summed E-state index contributed by atoms with van der Waals surface area (Å²) in [4.78, 5) is 11.5. The minimum absolute atomic E-state index is 0.140. The van der Waals surface area contributed by atoms with Gasteiger partial charge >= 0.3 is 0 Å². The molecule has 0 aliphatic rings. The van der Waals surface area contributed by atoms with E-state index < -0.39 is 0 Å². The van der Waals surface area contributed by atoms with Gasteiger partial charge in [-0.2, -0.15) is 0 Å². The first-order chi connectivity index (χ1) is 7.74. The van der Waals surface area contributed by atoms with Crippen molar-refractivity contribution in [3.63, 3.8) is 0 Å². The van der Waals surface area contributed by atoms with Gasteiger partial charge in [-0.25, -0.2) is 0 Å². The molecule has 0 saturated heterocycles. The van der Waals surface area contributed by atoms with Gasteiger partial charge in [0.25, 0.3) is 0 Å². The van der Waals surface area contributed by atoms with Crippen LogP contribution in [0, 0.1) is 0 Å². The zero-order valence-electron chi connectivity index (χ0n) is 8.51. The van der Waals surface area contributed by atoms with Crippen molar-refractivity contribution in [1.82, 2.24) is 5.16 Å². The van der Waals surface area contributed by atoms with E-state index in [9.17, 15) is 4.79 Å². The van der Waals surface area contributed by atoms with Crippen LogP contribution < -0.4 is 11.1 Å². The number of carbonyl (C=O) groups is 1. The molecule has 0 fully saturated rings. The Bertz CT molecular complexity index is 462. The maximum Gasteiger partial charge on any atom is 0.230 e. The van der Waals surface area contributed by atoms with Crippen molar-refractivity contribution in [1.29, 1.82) is 0 Å². The lowest BCUT2D eigenvalue weighted by Crippen LogP contribution is -2.14. The molecule has 16 heavy (non-hydrogen) atoms. The summed E-state index contributed by atoms with van der Waals surface area (Å²) in [6.07, 6.45) is 1.69. The van der Waals surface area contributed by atoms with Crippen molar-refractivity contribution in [2.45, 2.75) is 6.42 Å². The average molecular weight is 217 g/mol. The molecule has 5 nitrogen and oxygen atoms in total. The monoisotopic (exact) mass is 217 g/mol. The summed E-state index contributed by atoms with van der Waals surface area (Å²) in [6, 6.07) is 8.74. The van der Waals surface area contributed by atoms with E-state index in [1.54, 1.807) is 18.2 Å². The van der Waals surface area contributed by atoms with Crippen LogP contribution in [0.3, 0.4) is 0 Å². The Labute approximate surface area is 92.2 Å². The summed E-state index contributed by atoms with van der Waals surface area (Å²) in [5, 5.41) is 6.19. The second kappa shape index (κ2) is 4.48. The van der Waals surface area contributed by atoms with Crippen LogP contribution in [0.5, 0.6) is 0 Å². The maximum atomic E-state index is 11.5. The molecule has 82 valence electrons. The number of nitrogens with zero attached hydrogens (tertiary/aromatic N) is 1. The summed E-state index contributed by atoms with van der Waals surface area (Å²) < 4.78 is 4.60. The maximum absolute atomic E-state index is 11.5. The standard InChI is InChI=1S/C11H11N3O2/c12-9-3-1-8(2-4-9)7-11(15)13-10-5-6-16-14-10/h1-6H,7,12H2,(H,13,14,15). The molecule has 0 aliphatic heterocycles. The Morgan fingerprint density at radius 3 is 2.69 bits per heavy atom. The van der Waals surface area contributed by atoms with Crippen LogP contribution in [0.1, 0.15) is 5.56 Å². The topological polar surface area (TPSA) is 81.2 Å². The van der Waals surface area contributed by atoms with Gasteiger partial charge < -0.3 is 15.6 Å². The number of aromatic nitrogens is 1. The molecule has 1 aromatic carbocycles. The number of anilines is 2. The van der Waals surface area contributed by atoms with Crippen LogP contribution in [0.4, 0.5) is 11.5 Å². The van der Waals surface area contributed by atoms with Gasteiger partial charge in [0.15, 0.2) is 5.82 Å². The fourth-order valence-electron chi connectivity index (χ4n) is 1.28. The molecule has 0 saturated carbocycles. The van der Waals surface area contributed by atoms with E-state index in [2.05, 4.69) is 15.0 Å². The SMILES string of the molecule is Nc1ccc(CC(=O)Nc2ccon2)cc1. The van der Waals surface area contributed by atoms with E-state index in [0.717, 1.165) is 5.56 Å². The van der Waals surface area contributed by atoms with E-state index in [1.807, 2.05) is 12.1 Å². The Kier molecular flexibility index (Phi) is 2.86. The van der Waals surface area contributed by atoms with E-state index >= 15 is 0 Å². The molecular formula is C11H11N3O2. The highest BCUT2D eigenvalue weighted by molar-refractivity contribution is 5.91. The van der Waals surface area contributed by atoms with Gasteiger partial charge in [0, 0.05) is 11.8 Å². The van der Waals surface area contributed by atoms with Gasteiger partial charge in [0.05, 0.1) is 6.42 Å². The first-order valence-electron chi connectivity index (χ1n) is 4.79. The third kappa shape index (κ3) is 2.60. The van der Waals surface area contributed by atoms with E-state index in [1.165, 1.54) is 6.26 Å². The molecule has 5 heteroatoms. The van der Waals surface area contributed by atoms with Crippen molar-refractivity contribution < 1.29 is 9.32 Å². The van der Waals surface area contributed by atoms with Crippen molar-refractivity contribution >= 4 is 17.4 Å². The van der Waals surface area contributed by atoms with Crippen LogP contribution in [0.2, 0.25) is 0 Å². The first-order valence-corrected chi connectivity index (χ1v) is 4.79. The Morgan fingerprint density at radius 1 is 1.31 bits per heavy atom. The zero-order valence-corrected chi connectivity index (χ0v) is 8.51. The van der Waals surface area contributed by atoms with Crippen molar-refractivity contribution in [2.24, 2.45) is 0 Å². The minimum atomic E-state index is -0.140. The quantitative estimate of drug-likeness (QED) is 0.762. The van der Waals surface area contributed by atoms with Crippen LogP contribution in [0.25, 0.3) is 0 Å². The highest BCUT2D eigenvalue weighted by Gasteiger charge is 2.05. The van der Waals surface area contributed by atoms with E-state index in [-0.39, 0.29) is 12.3 Å². The number of nitrogens with one attached hydrogen (secondary N) is 1. The molecule has 1 heterocycles. The number of amides is 1. The van der Waals surface area contributed by atoms with Gasteiger partial charge in [0.2, 0.25) is 5.91 Å². The average Bonchev–Trinajstić information content (AvgIpc) is 2.74. The zero-order chi connectivity index (χ0) is 11.4. The molecule has 0 spiro atoms. The predicted molar refractivity (Wildman–Crippen MR) is 59.7 cm³/mol. The molecule has 0 bridgehead atoms. The van der Waals surface area contributed by atoms with Gasteiger partial charge in [-0.15, -0.1) is 0 Å². The number of nitrogens with two attached hydrogens (primary N) is 1. The summed E-state index contributed by atoms with van der Waals surface area (Å²) in [5.74, 6) is 0.277. The molecule has 2 aromatic rings. The van der Waals surface area contributed by atoms with Crippen LogP contribution in [0.15, 0.2) is 41.1 Å². The summed E-state index contributed by atoms with van der Waals surface area (Å²) >= 11 is 0. The number of hydrogen-bond acceptors (Lipinski definition) is 4. The summed E-state index contributed by atoms with van der Waals surface area (Å²) in [7, 11) is 0. The Hall–Kier alpha value is -2.30. The largest absolute Gasteiger partial charge is 0.399 e. The Balaban J connectivity index is 1.95. The predicted octanol–water partition coefficient (Wildman–Crippen LogP) is 1.44. The minimum Gasteiger partial charge on any atom is -0.399 e. The molecular weight excluding hydrogens is 206 g/mol. The Morgan fingerprint density at radius 2 is 2.06 bits per heavy atom. The fourth-order valence-corrected chi connectivity index (χ4v) is 1.28. The number of carbonyl (C=O) groups excluding carboxylic acids is 1. The molecule has 0 unspecified atom stereocenters. The van der Waals surface area contributed by atoms with Gasteiger partial charge in [0.1, 0.15) is 6.26 Å². The van der Waals surface area contributed by atoms with E-state index in [0.29, 0.717) is 11.5 Å². The van der Waals surface area contributed by atoms with Gasteiger partial charge in [-0.05, 0) is 17.7 Å². The molecule has 0 atom stereocenters. The third-order valence-electron chi connectivity index (χ3n) is 2.05. The number of benzene rings is 1. The molecule has 0 aliphatic carbocycles. The highest BCUT2D eigenvalue weighted by Crippen LogP contribution is 2.07. The molecule has 1 amide bonds. The highest BCUT2D eigenvalue weighted by atomic mass is 16.5. The first kappa shape index (κ1) is 10.2. The third-order valence-corrected chi connectivity index (χ3v) is 2.05. The van der Waals surface area contributed by atoms with Crippen LogP contribution in [-0.4, -0.2) is 11.1 Å². The second-order valence-electron chi connectivity index (χ2n) is 3.35. The van der Waals surface area contributed by atoms with Gasteiger partial charge in [-0.1, -0.05) is 17.3 Å². The number of hydrogen-bond donors (Lipinski definition) is 2. The van der Waals surface area contributed by atoms with Crippen LogP contribution in [-0.2, 0) is 11.2 Å². The number of nitrogen functional groups attached to an aromatic ring is 1. The number of rotatable bonds is 3. The van der Waals surface area contributed by atoms with Crippen molar-refractivity contribution in [3.8, 4) is 0 Å². The van der Waals surface area contributed by atoms with E-state index in [4.69, 9.17) is 5.73 Å². The van der Waals surface area contributed by atoms with Crippen LogP contribution >= 0.6 is 0 Å². The molecule has 1 aromatic heterocycles. The molecule has 2 rings (SSSR count). The normalized spacial score (nSPS) is 10.0. The second-order valence-corrected chi connectivity index (χ2v) is 3.35. The lowest BCUT2D eigenvalue weighted by Gasteiger charge is -2.01. The van der Waals surface area contributed by atoms with Crippen molar-refractivity contribution in [2.75, 3.05) is 11.1 Å². The fraction of sp³-hybridized carbons (Fsp3) is 0.0909. The lowest BCUT2D eigenvalue weighted by atomic mass is 10.1. The summed E-state index contributed by atoms with van der Waals surface area (Å²) in [6.45, 7) is 0. The van der Waals surface area contributed by atoms with Crippen molar-refractivity contribution in [3.05, 3.63) is 42.2 Å². The molecule has 3 N–H and O–H groups in total.